The van der Waals surface area contributed by atoms with Gasteiger partial charge in [0.05, 0.1) is 0 Å². The topological polar surface area (TPSA) is 6.48 Å². The third kappa shape index (κ3) is 7.24. The van der Waals surface area contributed by atoms with Gasteiger partial charge >= 0.3 is 0 Å². The fourth-order valence-electron chi connectivity index (χ4n) is 7.48. The Morgan fingerprint density at radius 1 is 0.161 bits per heavy atom. The molecule has 0 aliphatic carbocycles. The lowest BCUT2D eigenvalue weighted by molar-refractivity contribution is 1.28. The summed E-state index contributed by atoms with van der Waals surface area (Å²) >= 11 is 0. The van der Waals surface area contributed by atoms with Gasteiger partial charge in [0.1, 0.15) is 0 Å². The van der Waals surface area contributed by atoms with E-state index in [2.05, 4.69) is 252 Å². The second kappa shape index (κ2) is 15.9. The van der Waals surface area contributed by atoms with E-state index in [9.17, 15) is 0 Å². The van der Waals surface area contributed by atoms with E-state index in [0.717, 1.165) is 34.1 Å². The van der Waals surface area contributed by atoms with Crippen molar-refractivity contribution >= 4 is 34.1 Å². The minimum Gasteiger partial charge on any atom is -0.311 e. The van der Waals surface area contributed by atoms with Gasteiger partial charge in [0.15, 0.2) is 0 Å². The normalized spacial score (nSPS) is 10.9. The summed E-state index contributed by atoms with van der Waals surface area (Å²) in [5.41, 5.74) is 16.3. The van der Waals surface area contributed by atoms with Crippen molar-refractivity contribution in [2.45, 2.75) is 0 Å². The van der Waals surface area contributed by atoms with Crippen molar-refractivity contribution in [1.29, 1.82) is 0 Å². The predicted molar refractivity (Wildman–Crippen MR) is 238 cm³/mol. The number of rotatable bonds is 10. The SMILES string of the molecule is c1ccc(-c2ccc(N(c3ccccc3)c3ccc(-c4ccc(N(c5ccccc5)c5ccc(-c6ccccc6-c6ccccc6)cc5)cc4)cc3)cc2)cc1. The second-order valence-corrected chi connectivity index (χ2v) is 13.8. The molecule has 0 unspecified atom stereocenters. The Bertz CT molecular complexity index is 2620. The highest BCUT2D eigenvalue weighted by atomic mass is 15.1. The van der Waals surface area contributed by atoms with E-state index >= 15 is 0 Å². The first-order chi connectivity index (χ1) is 27.8. The van der Waals surface area contributed by atoms with E-state index in [1.807, 2.05) is 0 Å². The first-order valence-electron chi connectivity index (χ1n) is 19.1. The van der Waals surface area contributed by atoms with Crippen LogP contribution in [0.4, 0.5) is 34.1 Å². The first kappa shape index (κ1) is 34.4. The molecule has 0 atom stereocenters. The van der Waals surface area contributed by atoms with Gasteiger partial charge < -0.3 is 9.80 Å². The fourth-order valence-corrected chi connectivity index (χ4v) is 7.48. The molecule has 0 heterocycles. The van der Waals surface area contributed by atoms with E-state index < -0.39 is 0 Å². The molecule has 2 nitrogen and oxygen atoms in total. The maximum absolute atomic E-state index is 2.32. The number of hydrogen-bond donors (Lipinski definition) is 0. The lowest BCUT2D eigenvalue weighted by Gasteiger charge is -2.26. The van der Waals surface area contributed by atoms with Crippen molar-refractivity contribution in [2.75, 3.05) is 9.80 Å². The monoisotopic (exact) mass is 716 g/mol. The molecule has 0 saturated carbocycles. The fraction of sp³-hybridized carbons (Fsp3) is 0. The van der Waals surface area contributed by atoms with Crippen LogP contribution in [0.3, 0.4) is 0 Å². The summed E-state index contributed by atoms with van der Waals surface area (Å²) in [6.07, 6.45) is 0. The highest BCUT2D eigenvalue weighted by Crippen LogP contribution is 2.40. The van der Waals surface area contributed by atoms with Crippen LogP contribution in [0.1, 0.15) is 0 Å². The Balaban J connectivity index is 0.996. The zero-order valence-corrected chi connectivity index (χ0v) is 31.0. The van der Waals surface area contributed by atoms with Crippen LogP contribution in [-0.2, 0) is 0 Å². The molecule has 0 radical (unpaired) electrons. The third-order valence-electron chi connectivity index (χ3n) is 10.3. The highest BCUT2D eigenvalue weighted by Gasteiger charge is 2.16. The van der Waals surface area contributed by atoms with Crippen molar-refractivity contribution in [3.8, 4) is 44.5 Å². The van der Waals surface area contributed by atoms with Gasteiger partial charge in [-0.2, -0.15) is 0 Å². The highest BCUT2D eigenvalue weighted by molar-refractivity contribution is 5.86. The lowest BCUT2D eigenvalue weighted by Crippen LogP contribution is -2.10. The Morgan fingerprint density at radius 2 is 0.375 bits per heavy atom. The van der Waals surface area contributed by atoms with Crippen LogP contribution >= 0.6 is 0 Å². The number of benzene rings is 9. The van der Waals surface area contributed by atoms with Gasteiger partial charge in [-0.05, 0) is 117 Å². The molecule has 0 aliphatic rings. The lowest BCUT2D eigenvalue weighted by atomic mass is 9.94. The average Bonchev–Trinajstić information content (AvgIpc) is 3.29. The van der Waals surface area contributed by atoms with Gasteiger partial charge in [-0.25, -0.2) is 0 Å². The Hall–Kier alpha value is -7.42. The number of nitrogens with zero attached hydrogens (tertiary/aromatic N) is 2. The van der Waals surface area contributed by atoms with Gasteiger partial charge in [0, 0.05) is 34.1 Å². The molecular formula is C54H40N2. The van der Waals surface area contributed by atoms with Crippen LogP contribution in [-0.4, -0.2) is 0 Å². The molecule has 0 saturated heterocycles. The zero-order chi connectivity index (χ0) is 37.5. The molecule has 56 heavy (non-hydrogen) atoms. The zero-order valence-electron chi connectivity index (χ0n) is 31.0. The van der Waals surface area contributed by atoms with Gasteiger partial charge in [-0.15, -0.1) is 0 Å². The van der Waals surface area contributed by atoms with Crippen LogP contribution in [0.5, 0.6) is 0 Å². The van der Waals surface area contributed by atoms with E-state index in [4.69, 9.17) is 0 Å². The molecular weight excluding hydrogens is 677 g/mol. The quantitative estimate of drug-likeness (QED) is 0.139. The van der Waals surface area contributed by atoms with Crippen molar-refractivity contribution in [1.82, 2.24) is 0 Å². The molecule has 9 aromatic rings. The summed E-state index contributed by atoms with van der Waals surface area (Å²) in [5.74, 6) is 0. The Kier molecular flexibility index (Phi) is 9.75. The van der Waals surface area contributed by atoms with Crippen LogP contribution in [0.25, 0.3) is 44.5 Å². The van der Waals surface area contributed by atoms with Crippen molar-refractivity contribution in [3.63, 3.8) is 0 Å². The molecule has 0 amide bonds. The molecule has 0 aliphatic heterocycles. The molecule has 2 heteroatoms. The summed E-state index contributed by atoms with van der Waals surface area (Å²) in [7, 11) is 0. The smallest absolute Gasteiger partial charge is 0.0462 e. The van der Waals surface area contributed by atoms with E-state index in [1.165, 1.54) is 44.5 Å². The van der Waals surface area contributed by atoms with Gasteiger partial charge in [-0.3, -0.25) is 0 Å². The number of hydrogen-bond acceptors (Lipinski definition) is 2. The van der Waals surface area contributed by atoms with Gasteiger partial charge in [-0.1, -0.05) is 170 Å². The van der Waals surface area contributed by atoms with E-state index in [1.54, 1.807) is 0 Å². The van der Waals surface area contributed by atoms with Crippen molar-refractivity contribution < 1.29 is 0 Å². The average molecular weight is 717 g/mol. The largest absolute Gasteiger partial charge is 0.311 e. The summed E-state index contributed by atoms with van der Waals surface area (Å²) in [6, 6.07) is 86.4. The van der Waals surface area contributed by atoms with Crippen LogP contribution < -0.4 is 9.80 Å². The summed E-state index contributed by atoms with van der Waals surface area (Å²) in [4.78, 5) is 4.63. The van der Waals surface area contributed by atoms with Crippen LogP contribution in [0.15, 0.2) is 243 Å². The number of para-hydroxylation sites is 2. The molecule has 0 fully saturated rings. The van der Waals surface area contributed by atoms with Gasteiger partial charge in [0.2, 0.25) is 0 Å². The van der Waals surface area contributed by atoms with Gasteiger partial charge in [0.25, 0.3) is 0 Å². The van der Waals surface area contributed by atoms with Crippen molar-refractivity contribution in [3.05, 3.63) is 243 Å². The molecule has 0 spiro atoms. The summed E-state index contributed by atoms with van der Waals surface area (Å²) in [6.45, 7) is 0. The molecule has 0 bridgehead atoms. The second-order valence-electron chi connectivity index (χ2n) is 13.8. The maximum atomic E-state index is 2.32. The Labute approximate surface area is 329 Å². The third-order valence-corrected chi connectivity index (χ3v) is 10.3. The van der Waals surface area contributed by atoms with E-state index in [-0.39, 0.29) is 0 Å². The first-order valence-corrected chi connectivity index (χ1v) is 19.1. The van der Waals surface area contributed by atoms with E-state index in [0.29, 0.717) is 0 Å². The van der Waals surface area contributed by atoms with Crippen LogP contribution in [0, 0.1) is 0 Å². The molecule has 0 N–H and O–H groups in total. The summed E-state index contributed by atoms with van der Waals surface area (Å²) < 4.78 is 0. The number of anilines is 6. The molecule has 9 aromatic carbocycles. The summed E-state index contributed by atoms with van der Waals surface area (Å²) in [5, 5.41) is 0. The standard InChI is InChI=1S/C54H40N2/c1-5-15-41(16-6-1)42-25-33-49(34-26-42)55(47-19-9-3-10-20-47)50-35-27-43(28-36-50)44-29-37-51(38-30-44)56(48-21-11-4-12-22-48)52-39-31-46(32-40-52)54-24-14-13-23-53(54)45-17-7-2-8-18-45/h1-40H. The molecule has 0 aromatic heterocycles. The van der Waals surface area contributed by atoms with Crippen LogP contribution in [0.2, 0.25) is 0 Å². The minimum absolute atomic E-state index is 1.10. The van der Waals surface area contributed by atoms with Crippen molar-refractivity contribution in [2.24, 2.45) is 0 Å². The molecule has 266 valence electrons. The Morgan fingerprint density at radius 3 is 0.714 bits per heavy atom. The maximum Gasteiger partial charge on any atom is 0.0462 e. The minimum atomic E-state index is 1.10. The molecule has 9 rings (SSSR count). The predicted octanol–water partition coefficient (Wildman–Crippen LogP) is 15.3.